The predicted octanol–water partition coefficient (Wildman–Crippen LogP) is 2.87. The summed E-state index contributed by atoms with van der Waals surface area (Å²) in [7, 11) is 0. The normalized spacial score (nSPS) is 45.8. The molecule has 0 heterocycles. The summed E-state index contributed by atoms with van der Waals surface area (Å²) in [5, 5.41) is 0. The van der Waals surface area contributed by atoms with Gasteiger partial charge in [-0.05, 0) is 43.9 Å². The molecule has 2 saturated carbocycles. The molecular weight excluding hydrogens is 146 g/mol. The lowest BCUT2D eigenvalue weighted by molar-refractivity contribution is 0.0828. The second-order valence-electron chi connectivity index (χ2n) is 3.94. The van der Waals surface area contributed by atoms with Crippen LogP contribution < -0.4 is 0 Å². The zero-order chi connectivity index (χ0) is 7.84. The van der Waals surface area contributed by atoms with E-state index in [0.29, 0.717) is 18.8 Å². The van der Waals surface area contributed by atoms with Crippen molar-refractivity contribution in [2.75, 3.05) is 0 Å². The molecule has 2 aliphatic rings. The van der Waals surface area contributed by atoms with E-state index in [1.165, 1.54) is 12.8 Å². The zero-order valence-corrected chi connectivity index (χ0v) is 6.60. The van der Waals surface area contributed by atoms with Crippen molar-refractivity contribution in [1.29, 1.82) is 0 Å². The van der Waals surface area contributed by atoms with E-state index in [0.717, 1.165) is 12.3 Å². The van der Waals surface area contributed by atoms with Gasteiger partial charge in [0.1, 0.15) is 12.3 Å². The van der Waals surface area contributed by atoms with Gasteiger partial charge in [-0.2, -0.15) is 0 Å². The van der Waals surface area contributed by atoms with Gasteiger partial charge in [-0.3, -0.25) is 0 Å². The topological polar surface area (TPSA) is 0 Å². The standard InChI is InChI=1S/C9H14F2/c10-8-4-3-7(5-9(8)11)6-1-2-6/h6-9H,1-5H2. The van der Waals surface area contributed by atoms with Crippen LogP contribution in [0.25, 0.3) is 0 Å². The Bertz CT molecular complexity index is 142. The van der Waals surface area contributed by atoms with Gasteiger partial charge in [0.25, 0.3) is 0 Å². The van der Waals surface area contributed by atoms with E-state index >= 15 is 0 Å². The molecule has 0 aromatic heterocycles. The number of halogens is 2. The van der Waals surface area contributed by atoms with Gasteiger partial charge in [0.15, 0.2) is 0 Å². The Balaban J connectivity index is 1.86. The molecule has 2 rings (SSSR count). The third-order valence-corrected chi connectivity index (χ3v) is 3.02. The van der Waals surface area contributed by atoms with Crippen LogP contribution in [-0.2, 0) is 0 Å². The maximum Gasteiger partial charge on any atom is 0.131 e. The average molecular weight is 160 g/mol. The number of hydrogen-bond donors (Lipinski definition) is 0. The Hall–Kier alpha value is -0.140. The quantitative estimate of drug-likeness (QED) is 0.553. The predicted molar refractivity (Wildman–Crippen MR) is 39.9 cm³/mol. The first kappa shape index (κ1) is 7.51. The van der Waals surface area contributed by atoms with Gasteiger partial charge in [-0.1, -0.05) is 0 Å². The summed E-state index contributed by atoms with van der Waals surface area (Å²) in [6.45, 7) is 0. The molecule has 0 N–H and O–H groups in total. The minimum absolute atomic E-state index is 0.461. The molecule has 64 valence electrons. The van der Waals surface area contributed by atoms with E-state index in [1.807, 2.05) is 0 Å². The van der Waals surface area contributed by atoms with Gasteiger partial charge in [0.05, 0.1) is 0 Å². The minimum atomic E-state index is -1.16. The Morgan fingerprint density at radius 3 is 1.91 bits per heavy atom. The summed E-state index contributed by atoms with van der Waals surface area (Å²) < 4.78 is 25.5. The number of rotatable bonds is 1. The van der Waals surface area contributed by atoms with E-state index in [1.54, 1.807) is 0 Å². The average Bonchev–Trinajstić information content (AvgIpc) is 2.77. The molecule has 3 atom stereocenters. The van der Waals surface area contributed by atoms with Gasteiger partial charge < -0.3 is 0 Å². The maximum atomic E-state index is 12.8. The molecular formula is C9H14F2. The molecule has 2 aliphatic carbocycles. The number of hydrogen-bond acceptors (Lipinski definition) is 0. The molecule has 0 amide bonds. The highest BCUT2D eigenvalue weighted by Crippen LogP contribution is 2.44. The molecule has 0 aliphatic heterocycles. The van der Waals surface area contributed by atoms with Gasteiger partial charge >= 0.3 is 0 Å². The van der Waals surface area contributed by atoms with Crippen molar-refractivity contribution < 1.29 is 8.78 Å². The first-order valence-electron chi connectivity index (χ1n) is 4.55. The summed E-state index contributed by atoms with van der Waals surface area (Å²) in [5.74, 6) is 1.26. The molecule has 11 heavy (non-hydrogen) atoms. The van der Waals surface area contributed by atoms with Crippen LogP contribution in [0.15, 0.2) is 0 Å². The summed E-state index contributed by atoms with van der Waals surface area (Å²) in [6, 6.07) is 0. The smallest absolute Gasteiger partial charge is 0.131 e. The van der Waals surface area contributed by atoms with Crippen LogP contribution in [0.4, 0.5) is 8.78 Å². The first-order chi connectivity index (χ1) is 5.27. The van der Waals surface area contributed by atoms with E-state index < -0.39 is 12.3 Å². The highest BCUT2D eigenvalue weighted by Gasteiger charge is 2.38. The third-order valence-electron chi connectivity index (χ3n) is 3.02. The zero-order valence-electron chi connectivity index (χ0n) is 6.60. The fraction of sp³-hybridized carbons (Fsp3) is 1.00. The number of alkyl halides is 2. The Kier molecular flexibility index (Phi) is 1.86. The summed E-state index contributed by atoms with van der Waals surface area (Å²) in [5.41, 5.74) is 0. The monoisotopic (exact) mass is 160 g/mol. The lowest BCUT2D eigenvalue weighted by Gasteiger charge is -2.27. The summed E-state index contributed by atoms with van der Waals surface area (Å²) >= 11 is 0. The summed E-state index contributed by atoms with van der Waals surface area (Å²) in [6.07, 6.45) is 2.07. The van der Waals surface area contributed by atoms with Crippen LogP contribution in [0.2, 0.25) is 0 Å². The van der Waals surface area contributed by atoms with Crippen LogP contribution in [0, 0.1) is 11.8 Å². The largest absolute Gasteiger partial charge is 0.244 e. The van der Waals surface area contributed by atoms with Crippen LogP contribution in [-0.4, -0.2) is 12.3 Å². The molecule has 0 aromatic rings. The summed E-state index contributed by atoms with van der Waals surface area (Å²) in [4.78, 5) is 0. The maximum absolute atomic E-state index is 12.8. The third kappa shape index (κ3) is 1.54. The molecule has 3 unspecified atom stereocenters. The molecule has 2 heteroatoms. The van der Waals surface area contributed by atoms with Gasteiger partial charge in [-0.25, -0.2) is 8.78 Å². The van der Waals surface area contributed by atoms with Crippen LogP contribution in [0.1, 0.15) is 32.1 Å². The molecule has 0 aromatic carbocycles. The van der Waals surface area contributed by atoms with Crippen molar-refractivity contribution >= 4 is 0 Å². The van der Waals surface area contributed by atoms with Crippen LogP contribution in [0.3, 0.4) is 0 Å². The first-order valence-corrected chi connectivity index (χ1v) is 4.55. The fourth-order valence-corrected chi connectivity index (χ4v) is 2.10. The Labute approximate surface area is 66.0 Å². The van der Waals surface area contributed by atoms with Crippen molar-refractivity contribution in [2.24, 2.45) is 11.8 Å². The lowest BCUT2D eigenvalue weighted by atomic mass is 9.84. The highest BCUT2D eigenvalue weighted by atomic mass is 19.2. The molecule has 0 nitrogen and oxygen atoms in total. The van der Waals surface area contributed by atoms with Gasteiger partial charge in [0.2, 0.25) is 0 Å². The molecule has 0 radical (unpaired) electrons. The molecule has 0 bridgehead atoms. The van der Waals surface area contributed by atoms with E-state index in [2.05, 4.69) is 0 Å². The minimum Gasteiger partial charge on any atom is -0.244 e. The molecule has 0 spiro atoms. The highest BCUT2D eigenvalue weighted by molar-refractivity contribution is 4.88. The van der Waals surface area contributed by atoms with E-state index in [9.17, 15) is 8.78 Å². The lowest BCUT2D eigenvalue weighted by Crippen LogP contribution is -2.28. The van der Waals surface area contributed by atoms with Gasteiger partial charge in [-0.15, -0.1) is 0 Å². The van der Waals surface area contributed by atoms with Gasteiger partial charge in [0, 0.05) is 0 Å². The fourth-order valence-electron chi connectivity index (χ4n) is 2.10. The molecule has 2 fully saturated rings. The molecule has 0 saturated heterocycles. The Morgan fingerprint density at radius 2 is 1.36 bits per heavy atom. The van der Waals surface area contributed by atoms with Crippen molar-refractivity contribution in [3.8, 4) is 0 Å². The van der Waals surface area contributed by atoms with Crippen molar-refractivity contribution in [1.82, 2.24) is 0 Å². The Morgan fingerprint density at radius 1 is 0.727 bits per heavy atom. The van der Waals surface area contributed by atoms with Crippen molar-refractivity contribution in [3.63, 3.8) is 0 Å². The van der Waals surface area contributed by atoms with Crippen LogP contribution in [0.5, 0.6) is 0 Å². The van der Waals surface area contributed by atoms with Crippen LogP contribution >= 0.6 is 0 Å². The SMILES string of the molecule is FC1CCC(C2CC2)CC1F. The second-order valence-corrected chi connectivity index (χ2v) is 3.94. The van der Waals surface area contributed by atoms with Crippen molar-refractivity contribution in [2.45, 2.75) is 44.4 Å². The second kappa shape index (κ2) is 2.72. The van der Waals surface area contributed by atoms with E-state index in [-0.39, 0.29) is 0 Å². The van der Waals surface area contributed by atoms with E-state index in [4.69, 9.17) is 0 Å². The van der Waals surface area contributed by atoms with Crippen molar-refractivity contribution in [3.05, 3.63) is 0 Å².